The Hall–Kier alpha value is -2.03. The van der Waals surface area contributed by atoms with Crippen LogP contribution < -0.4 is 5.32 Å². The van der Waals surface area contributed by atoms with Crippen LogP contribution in [0.15, 0.2) is 36.4 Å². The van der Waals surface area contributed by atoms with Gasteiger partial charge in [-0.2, -0.15) is 0 Å². The van der Waals surface area contributed by atoms with E-state index in [2.05, 4.69) is 10.2 Å². The van der Waals surface area contributed by atoms with Gasteiger partial charge >= 0.3 is 0 Å². The number of nitrogens with zero attached hydrogens (tertiary/aromatic N) is 3. The van der Waals surface area contributed by atoms with Gasteiger partial charge in [-0.05, 0) is 56.2 Å². The third-order valence-electron chi connectivity index (χ3n) is 7.02. The molecule has 0 spiro atoms. The molecule has 0 aromatic heterocycles. The minimum absolute atomic E-state index is 0.122. The monoisotopic (exact) mass is 552 g/mol. The Kier molecular flexibility index (Phi) is 8.07. The second-order valence-electron chi connectivity index (χ2n) is 9.91. The van der Waals surface area contributed by atoms with Crippen LogP contribution in [-0.4, -0.2) is 84.0 Å². The van der Waals surface area contributed by atoms with Gasteiger partial charge in [0.15, 0.2) is 5.60 Å². The maximum absolute atomic E-state index is 13.1. The summed E-state index contributed by atoms with van der Waals surface area (Å²) in [6.45, 7) is 4.40. The van der Waals surface area contributed by atoms with Crippen LogP contribution in [0.4, 0.5) is 5.69 Å². The van der Waals surface area contributed by atoms with Gasteiger partial charge in [-0.25, -0.2) is 0 Å². The van der Waals surface area contributed by atoms with Crippen LogP contribution in [0.2, 0.25) is 15.1 Å². The molecule has 1 atom stereocenters. The number of amides is 2. The predicted octanol–water partition coefficient (Wildman–Crippen LogP) is 4.34. The van der Waals surface area contributed by atoms with Crippen molar-refractivity contribution < 1.29 is 14.7 Å². The number of hydrogen-bond donors (Lipinski definition) is 2. The smallest absolute Gasteiger partial charge is 0.258 e. The summed E-state index contributed by atoms with van der Waals surface area (Å²) in [7, 11) is 3.40. The summed E-state index contributed by atoms with van der Waals surface area (Å²) in [6, 6.07) is 10.9. The normalized spacial score (nSPS) is 18.9. The van der Waals surface area contributed by atoms with E-state index in [0.717, 1.165) is 31.6 Å². The third kappa shape index (κ3) is 5.60. The zero-order valence-corrected chi connectivity index (χ0v) is 22.9. The zero-order chi connectivity index (χ0) is 26.2. The summed E-state index contributed by atoms with van der Waals surface area (Å²) >= 11 is 18.6. The number of anilines is 1. The van der Waals surface area contributed by atoms with Crippen molar-refractivity contribution in [1.29, 1.82) is 0 Å². The molecule has 2 aromatic carbocycles. The van der Waals surface area contributed by atoms with Crippen LogP contribution in [-0.2, 0) is 10.4 Å². The Bertz CT molecular complexity index is 1140. The van der Waals surface area contributed by atoms with Crippen molar-refractivity contribution in [2.45, 2.75) is 37.5 Å². The lowest BCUT2D eigenvalue weighted by atomic mass is 9.92. The van der Waals surface area contributed by atoms with Crippen LogP contribution >= 0.6 is 34.8 Å². The number of likely N-dealkylation sites (tertiary alicyclic amines) is 2. The Morgan fingerprint density at radius 3 is 2.31 bits per heavy atom. The van der Waals surface area contributed by atoms with Crippen molar-refractivity contribution in [2.75, 3.05) is 45.6 Å². The number of piperidine rings is 1. The molecule has 10 heteroatoms. The molecule has 2 aliphatic rings. The summed E-state index contributed by atoms with van der Waals surface area (Å²) < 4.78 is 0. The van der Waals surface area contributed by atoms with Gasteiger partial charge in [0.2, 0.25) is 0 Å². The highest BCUT2D eigenvalue weighted by Crippen LogP contribution is 2.33. The van der Waals surface area contributed by atoms with Crippen molar-refractivity contribution in [2.24, 2.45) is 0 Å². The van der Waals surface area contributed by atoms with Crippen molar-refractivity contribution in [1.82, 2.24) is 14.7 Å². The minimum atomic E-state index is -1.74. The fraction of sp³-hybridized carbons (Fsp3) is 0.462. The van der Waals surface area contributed by atoms with Crippen molar-refractivity contribution in [3.8, 4) is 0 Å². The molecule has 0 radical (unpaired) electrons. The van der Waals surface area contributed by atoms with E-state index < -0.39 is 5.60 Å². The average molecular weight is 554 g/mol. The molecule has 36 heavy (non-hydrogen) atoms. The summed E-state index contributed by atoms with van der Waals surface area (Å²) in [5.74, 6) is -0.482. The van der Waals surface area contributed by atoms with Gasteiger partial charge < -0.3 is 20.2 Å². The Morgan fingerprint density at radius 1 is 1.03 bits per heavy atom. The molecular formula is C26H31Cl3N4O3. The average Bonchev–Trinajstić information content (AvgIpc) is 2.82. The first-order valence-corrected chi connectivity index (χ1v) is 13.1. The molecule has 2 heterocycles. The number of rotatable bonds is 6. The number of carbonyl (C=O) groups excluding carboxylic acids is 2. The van der Waals surface area contributed by atoms with Gasteiger partial charge in [0.25, 0.3) is 11.8 Å². The van der Waals surface area contributed by atoms with Gasteiger partial charge in [-0.15, -0.1) is 0 Å². The standard InChI is InChI=1S/C26H31Cl3N4O3/c1-26(36,21-12-16(27)4-7-22(21)28)25(35)32-10-8-19(9-11-32)33-14-18(15-33)30-17-5-6-20(23(29)13-17)24(34)31(2)3/h4-7,12-13,18-19,30,36H,8-11,14-15H2,1-3H3/t26-/m0/s1. The highest BCUT2D eigenvalue weighted by molar-refractivity contribution is 6.34. The SMILES string of the molecule is CN(C)C(=O)c1ccc(NC2CN(C3CCN(C(=O)[C@@](C)(O)c4cc(Cl)ccc4Cl)CC3)C2)cc1Cl. The number of halogens is 3. The van der Waals surface area contributed by atoms with Gasteiger partial charge in [-0.1, -0.05) is 34.8 Å². The van der Waals surface area contributed by atoms with E-state index in [9.17, 15) is 14.7 Å². The number of benzene rings is 2. The summed E-state index contributed by atoms with van der Waals surface area (Å²) in [5, 5.41) is 15.7. The topological polar surface area (TPSA) is 76.1 Å². The second kappa shape index (κ2) is 10.8. The van der Waals surface area contributed by atoms with Crippen molar-refractivity contribution >= 4 is 52.3 Å². The quantitative estimate of drug-likeness (QED) is 0.557. The number of hydrogen-bond acceptors (Lipinski definition) is 5. The molecule has 0 unspecified atom stereocenters. The first kappa shape index (κ1) is 27.0. The molecule has 2 fully saturated rings. The van der Waals surface area contributed by atoms with Crippen LogP contribution in [0.3, 0.4) is 0 Å². The lowest BCUT2D eigenvalue weighted by Crippen LogP contribution is -2.61. The van der Waals surface area contributed by atoms with Crippen LogP contribution in [0.5, 0.6) is 0 Å². The highest BCUT2D eigenvalue weighted by Gasteiger charge is 2.41. The molecule has 194 valence electrons. The molecule has 2 aromatic rings. The van der Waals surface area contributed by atoms with E-state index in [0.29, 0.717) is 51.4 Å². The molecular weight excluding hydrogens is 523 g/mol. The molecule has 0 bridgehead atoms. The fourth-order valence-electron chi connectivity index (χ4n) is 4.88. The van der Waals surface area contributed by atoms with Gasteiger partial charge in [0.1, 0.15) is 0 Å². The van der Waals surface area contributed by atoms with E-state index in [-0.39, 0.29) is 11.8 Å². The van der Waals surface area contributed by atoms with Gasteiger partial charge in [0.05, 0.1) is 16.6 Å². The number of aliphatic hydroxyl groups is 1. The van der Waals surface area contributed by atoms with Crippen LogP contribution in [0.25, 0.3) is 0 Å². The first-order chi connectivity index (χ1) is 17.0. The molecule has 2 aliphatic heterocycles. The molecule has 4 rings (SSSR count). The summed E-state index contributed by atoms with van der Waals surface area (Å²) in [4.78, 5) is 30.9. The molecule has 2 amide bonds. The zero-order valence-electron chi connectivity index (χ0n) is 20.6. The van der Waals surface area contributed by atoms with Gasteiger partial charge in [-0.3, -0.25) is 14.5 Å². The van der Waals surface area contributed by atoms with Crippen LogP contribution in [0.1, 0.15) is 35.7 Å². The minimum Gasteiger partial charge on any atom is -0.380 e. The number of carbonyl (C=O) groups is 2. The summed E-state index contributed by atoms with van der Waals surface area (Å²) in [5.41, 5.74) is -0.0449. The number of nitrogens with one attached hydrogen (secondary N) is 1. The Balaban J connectivity index is 1.27. The maximum Gasteiger partial charge on any atom is 0.258 e. The lowest BCUT2D eigenvalue weighted by Gasteiger charge is -2.48. The largest absolute Gasteiger partial charge is 0.380 e. The molecule has 0 aliphatic carbocycles. The predicted molar refractivity (Wildman–Crippen MR) is 144 cm³/mol. The highest BCUT2D eigenvalue weighted by atomic mass is 35.5. The van der Waals surface area contributed by atoms with E-state index in [4.69, 9.17) is 34.8 Å². The third-order valence-corrected chi connectivity index (χ3v) is 7.90. The maximum atomic E-state index is 13.1. The van der Waals surface area contributed by atoms with Crippen molar-refractivity contribution in [3.63, 3.8) is 0 Å². The van der Waals surface area contributed by atoms with Gasteiger partial charge in [0, 0.05) is 67.6 Å². The molecule has 2 N–H and O–H groups in total. The molecule has 2 saturated heterocycles. The first-order valence-electron chi connectivity index (χ1n) is 12.0. The second-order valence-corrected chi connectivity index (χ2v) is 11.2. The van der Waals surface area contributed by atoms with Crippen LogP contribution in [0, 0.1) is 0 Å². The fourth-order valence-corrected chi connectivity index (χ4v) is 5.62. The molecule has 0 saturated carbocycles. The van der Waals surface area contributed by atoms with E-state index in [1.165, 1.54) is 11.8 Å². The van der Waals surface area contributed by atoms with E-state index >= 15 is 0 Å². The Morgan fingerprint density at radius 2 is 1.69 bits per heavy atom. The van der Waals surface area contributed by atoms with E-state index in [1.54, 1.807) is 49.3 Å². The van der Waals surface area contributed by atoms with Crippen molar-refractivity contribution in [3.05, 3.63) is 62.6 Å². The molecule has 7 nitrogen and oxygen atoms in total. The van der Waals surface area contributed by atoms with E-state index in [1.807, 2.05) is 6.07 Å². The summed E-state index contributed by atoms with van der Waals surface area (Å²) in [6.07, 6.45) is 1.68. The Labute approximate surface area is 226 Å². The lowest BCUT2D eigenvalue weighted by molar-refractivity contribution is -0.152.